The molecule has 0 saturated carbocycles. The van der Waals surface area contributed by atoms with E-state index in [0.717, 1.165) is 12.2 Å². The second kappa shape index (κ2) is 5.68. The Bertz CT molecular complexity index is 337. The Hall–Kier alpha value is -1.32. The fourth-order valence-electron chi connectivity index (χ4n) is 1.22. The van der Waals surface area contributed by atoms with Crippen LogP contribution in [0.4, 0.5) is 5.95 Å². The molecule has 0 aromatic carbocycles. The van der Waals surface area contributed by atoms with Crippen LogP contribution in [0.5, 0.6) is 5.88 Å². The largest absolute Gasteiger partial charge is 0.475 e. The molecule has 4 nitrogen and oxygen atoms in total. The van der Waals surface area contributed by atoms with Crippen LogP contribution in [-0.4, -0.2) is 22.6 Å². The summed E-state index contributed by atoms with van der Waals surface area (Å²) in [6, 6.07) is 1.85. The summed E-state index contributed by atoms with van der Waals surface area (Å²) in [5.41, 5.74) is 0.914. The molecule has 0 amide bonds. The third-order valence-electron chi connectivity index (χ3n) is 1.86. The van der Waals surface area contributed by atoms with E-state index in [1.165, 1.54) is 0 Å². The molecule has 1 heterocycles. The topological polar surface area (TPSA) is 47.0 Å². The molecule has 0 spiro atoms. The summed E-state index contributed by atoms with van der Waals surface area (Å²) in [6.45, 7) is 11.1. The van der Waals surface area contributed by atoms with Crippen LogP contribution in [-0.2, 0) is 0 Å². The molecule has 0 fully saturated rings. The normalized spacial score (nSPS) is 10.9. The quantitative estimate of drug-likeness (QED) is 0.833. The van der Waals surface area contributed by atoms with Gasteiger partial charge in [0.05, 0.1) is 6.10 Å². The Morgan fingerprint density at radius 1 is 1.25 bits per heavy atom. The number of nitrogens with one attached hydrogen (secondary N) is 1. The Morgan fingerprint density at radius 3 is 2.50 bits per heavy atom. The Kier molecular flexibility index (Phi) is 4.52. The third kappa shape index (κ3) is 4.47. The molecule has 1 aromatic heterocycles. The smallest absolute Gasteiger partial charge is 0.226 e. The molecule has 1 N–H and O–H groups in total. The maximum atomic E-state index is 5.55. The minimum Gasteiger partial charge on any atom is -0.475 e. The monoisotopic (exact) mass is 223 g/mol. The zero-order chi connectivity index (χ0) is 12.1. The fourth-order valence-corrected chi connectivity index (χ4v) is 1.22. The summed E-state index contributed by atoms with van der Waals surface area (Å²) in [6.07, 6.45) is 0.132. The van der Waals surface area contributed by atoms with E-state index in [9.17, 15) is 0 Å². The van der Waals surface area contributed by atoms with Crippen molar-refractivity contribution in [2.24, 2.45) is 5.92 Å². The molecule has 0 aliphatic carbocycles. The van der Waals surface area contributed by atoms with Crippen molar-refractivity contribution in [2.75, 3.05) is 11.9 Å². The molecule has 0 radical (unpaired) electrons. The molecule has 4 heteroatoms. The maximum absolute atomic E-state index is 5.55. The first-order valence-electron chi connectivity index (χ1n) is 5.73. The lowest BCUT2D eigenvalue weighted by Gasteiger charge is -2.12. The van der Waals surface area contributed by atoms with E-state index in [2.05, 4.69) is 29.1 Å². The molecular weight excluding hydrogens is 202 g/mol. The number of aromatic nitrogens is 2. The highest BCUT2D eigenvalue weighted by molar-refractivity contribution is 5.30. The van der Waals surface area contributed by atoms with Crippen LogP contribution in [0, 0.1) is 12.8 Å². The van der Waals surface area contributed by atoms with Crippen molar-refractivity contribution in [3.05, 3.63) is 11.8 Å². The van der Waals surface area contributed by atoms with Crippen molar-refractivity contribution >= 4 is 5.95 Å². The van der Waals surface area contributed by atoms with Gasteiger partial charge < -0.3 is 10.1 Å². The number of ether oxygens (including phenoxy) is 1. The Labute approximate surface area is 97.5 Å². The van der Waals surface area contributed by atoms with Gasteiger partial charge in [0.15, 0.2) is 0 Å². The van der Waals surface area contributed by atoms with Crippen molar-refractivity contribution in [2.45, 2.75) is 40.7 Å². The van der Waals surface area contributed by atoms with Crippen LogP contribution >= 0.6 is 0 Å². The van der Waals surface area contributed by atoms with Crippen molar-refractivity contribution in [1.29, 1.82) is 0 Å². The average molecular weight is 223 g/mol. The van der Waals surface area contributed by atoms with E-state index in [-0.39, 0.29) is 6.10 Å². The van der Waals surface area contributed by atoms with Gasteiger partial charge in [-0.3, -0.25) is 0 Å². The van der Waals surface area contributed by atoms with Gasteiger partial charge in [-0.2, -0.15) is 4.98 Å². The summed E-state index contributed by atoms with van der Waals surface area (Å²) in [4.78, 5) is 8.61. The molecular formula is C12H21N3O. The van der Waals surface area contributed by atoms with Gasteiger partial charge in [-0.15, -0.1) is 0 Å². The second-order valence-electron chi connectivity index (χ2n) is 4.61. The lowest BCUT2D eigenvalue weighted by molar-refractivity contribution is 0.232. The SMILES string of the molecule is Cc1cc(OC(C)C)nc(NCC(C)C)n1. The maximum Gasteiger partial charge on any atom is 0.226 e. The van der Waals surface area contributed by atoms with Crippen LogP contribution in [0.25, 0.3) is 0 Å². The average Bonchev–Trinajstić information content (AvgIpc) is 2.12. The molecule has 0 aliphatic heterocycles. The molecule has 0 bridgehead atoms. The number of rotatable bonds is 5. The van der Waals surface area contributed by atoms with Gasteiger partial charge in [0.25, 0.3) is 0 Å². The van der Waals surface area contributed by atoms with Gasteiger partial charge in [-0.05, 0) is 26.7 Å². The molecule has 0 saturated heterocycles. The number of hydrogen-bond donors (Lipinski definition) is 1. The van der Waals surface area contributed by atoms with E-state index in [1.54, 1.807) is 0 Å². The van der Waals surface area contributed by atoms with Gasteiger partial charge in [-0.1, -0.05) is 13.8 Å². The highest BCUT2D eigenvalue weighted by Crippen LogP contribution is 2.13. The van der Waals surface area contributed by atoms with Gasteiger partial charge in [-0.25, -0.2) is 4.98 Å². The first-order chi connectivity index (χ1) is 7.47. The highest BCUT2D eigenvalue weighted by atomic mass is 16.5. The second-order valence-corrected chi connectivity index (χ2v) is 4.61. The predicted molar refractivity (Wildman–Crippen MR) is 65.9 cm³/mol. The standard InChI is InChI=1S/C12H21N3O/c1-8(2)7-13-12-14-10(5)6-11(15-12)16-9(3)4/h6,8-9H,7H2,1-5H3,(H,13,14,15). The lowest BCUT2D eigenvalue weighted by Crippen LogP contribution is -2.13. The Morgan fingerprint density at radius 2 is 1.94 bits per heavy atom. The fraction of sp³-hybridized carbons (Fsp3) is 0.667. The van der Waals surface area contributed by atoms with Gasteiger partial charge in [0, 0.05) is 18.3 Å². The van der Waals surface area contributed by atoms with Crippen molar-refractivity contribution in [3.63, 3.8) is 0 Å². The summed E-state index contributed by atoms with van der Waals surface area (Å²) < 4.78 is 5.55. The van der Waals surface area contributed by atoms with E-state index >= 15 is 0 Å². The number of nitrogens with zero attached hydrogens (tertiary/aromatic N) is 2. The predicted octanol–water partition coefficient (Wildman–Crippen LogP) is 2.64. The summed E-state index contributed by atoms with van der Waals surface area (Å²) in [5, 5.41) is 3.20. The molecule has 16 heavy (non-hydrogen) atoms. The van der Waals surface area contributed by atoms with E-state index < -0.39 is 0 Å². The van der Waals surface area contributed by atoms with Crippen molar-refractivity contribution < 1.29 is 4.74 Å². The van der Waals surface area contributed by atoms with Crippen LogP contribution in [0.1, 0.15) is 33.4 Å². The zero-order valence-electron chi connectivity index (χ0n) is 10.7. The highest BCUT2D eigenvalue weighted by Gasteiger charge is 2.05. The molecule has 1 rings (SSSR count). The van der Waals surface area contributed by atoms with Gasteiger partial charge in [0.2, 0.25) is 11.8 Å². The number of anilines is 1. The zero-order valence-corrected chi connectivity index (χ0v) is 10.7. The van der Waals surface area contributed by atoms with Crippen LogP contribution in [0.15, 0.2) is 6.07 Å². The summed E-state index contributed by atoms with van der Waals surface area (Å²) in [5.74, 6) is 1.84. The minimum absolute atomic E-state index is 0.132. The number of hydrogen-bond acceptors (Lipinski definition) is 4. The molecule has 90 valence electrons. The van der Waals surface area contributed by atoms with Crippen LogP contribution < -0.4 is 10.1 Å². The first-order valence-corrected chi connectivity index (χ1v) is 5.73. The van der Waals surface area contributed by atoms with Crippen LogP contribution in [0.3, 0.4) is 0 Å². The summed E-state index contributed by atoms with van der Waals surface area (Å²) in [7, 11) is 0. The molecule has 1 aromatic rings. The molecule has 0 unspecified atom stereocenters. The van der Waals surface area contributed by atoms with E-state index in [1.807, 2.05) is 26.8 Å². The van der Waals surface area contributed by atoms with Crippen molar-refractivity contribution in [3.8, 4) is 5.88 Å². The lowest BCUT2D eigenvalue weighted by atomic mass is 10.2. The third-order valence-corrected chi connectivity index (χ3v) is 1.86. The van der Waals surface area contributed by atoms with E-state index in [0.29, 0.717) is 17.7 Å². The number of aryl methyl sites for hydroxylation is 1. The molecule has 0 aliphatic rings. The minimum atomic E-state index is 0.132. The van der Waals surface area contributed by atoms with Gasteiger partial charge >= 0.3 is 0 Å². The molecule has 0 atom stereocenters. The summed E-state index contributed by atoms with van der Waals surface area (Å²) >= 11 is 0. The van der Waals surface area contributed by atoms with E-state index in [4.69, 9.17) is 4.74 Å². The van der Waals surface area contributed by atoms with Crippen molar-refractivity contribution in [1.82, 2.24) is 9.97 Å². The Balaban J connectivity index is 2.73. The van der Waals surface area contributed by atoms with Gasteiger partial charge in [0.1, 0.15) is 0 Å². The van der Waals surface area contributed by atoms with Crippen LogP contribution in [0.2, 0.25) is 0 Å². The first kappa shape index (κ1) is 12.7.